The summed E-state index contributed by atoms with van der Waals surface area (Å²) < 4.78 is 5.76. The largest absolute Gasteiger partial charge is 0.481 e. The van der Waals surface area contributed by atoms with E-state index >= 15 is 0 Å². The predicted molar refractivity (Wildman–Crippen MR) is 88.8 cm³/mol. The first-order valence-corrected chi connectivity index (χ1v) is 8.77. The monoisotopic (exact) mass is 322 g/mol. The summed E-state index contributed by atoms with van der Waals surface area (Å²) in [5.41, 5.74) is -0.452. The number of carbonyl (C=O) groups excluding carboxylic acids is 1. The van der Waals surface area contributed by atoms with Crippen LogP contribution in [0.5, 0.6) is 0 Å². The molecule has 0 amide bonds. The van der Waals surface area contributed by atoms with Gasteiger partial charge in [0.1, 0.15) is 6.10 Å². The molecule has 2 aliphatic carbocycles. The van der Waals surface area contributed by atoms with Crippen LogP contribution in [0.1, 0.15) is 59.3 Å². The quantitative estimate of drug-likeness (QED) is 0.416. The predicted octanol–water partition coefficient (Wildman–Crippen LogP) is 4.05. The van der Waals surface area contributed by atoms with Crippen LogP contribution in [-0.2, 0) is 14.3 Å². The lowest BCUT2D eigenvalue weighted by Crippen LogP contribution is -2.33. The van der Waals surface area contributed by atoms with E-state index in [9.17, 15) is 14.7 Å². The molecule has 2 fully saturated rings. The van der Waals surface area contributed by atoms with Crippen molar-refractivity contribution in [1.82, 2.24) is 0 Å². The van der Waals surface area contributed by atoms with E-state index < -0.39 is 17.3 Å². The maximum absolute atomic E-state index is 12.3. The second-order valence-corrected chi connectivity index (χ2v) is 8.29. The van der Waals surface area contributed by atoms with Gasteiger partial charge >= 0.3 is 11.9 Å². The van der Waals surface area contributed by atoms with E-state index in [1.165, 1.54) is 0 Å². The van der Waals surface area contributed by atoms with Crippen molar-refractivity contribution in [3.8, 4) is 0 Å². The summed E-state index contributed by atoms with van der Waals surface area (Å²) in [6.07, 6.45) is 7.37. The van der Waals surface area contributed by atoms with Crippen molar-refractivity contribution in [2.75, 3.05) is 0 Å². The normalized spacial score (nSPS) is 30.4. The van der Waals surface area contributed by atoms with Crippen molar-refractivity contribution in [2.24, 2.45) is 29.1 Å². The standard InChI is InChI=1S/C19H30O4/c1-5-6-7-8-12-9-13-10-14(13)17(12)23-16(20)11-15(18(21)22)19(2,3)4/h5,12-15,17H,1,6-11H2,2-4H3,(H,21,22)/t12-,13+,14-,15-,17+/m1/s1. The van der Waals surface area contributed by atoms with Gasteiger partial charge in [-0.25, -0.2) is 0 Å². The summed E-state index contributed by atoms with van der Waals surface area (Å²) in [5.74, 6) is -0.289. The van der Waals surface area contributed by atoms with E-state index in [4.69, 9.17) is 4.74 Å². The highest BCUT2D eigenvalue weighted by Gasteiger charge is 2.55. The molecule has 0 radical (unpaired) electrons. The van der Waals surface area contributed by atoms with Gasteiger partial charge in [-0.05, 0) is 55.3 Å². The van der Waals surface area contributed by atoms with Crippen LogP contribution in [0.4, 0.5) is 0 Å². The second kappa shape index (κ2) is 7.06. The van der Waals surface area contributed by atoms with E-state index in [0.29, 0.717) is 11.8 Å². The van der Waals surface area contributed by atoms with Crippen LogP contribution in [0.2, 0.25) is 0 Å². The third kappa shape index (κ3) is 4.58. The van der Waals surface area contributed by atoms with Crippen molar-refractivity contribution in [3.63, 3.8) is 0 Å². The fourth-order valence-corrected chi connectivity index (χ4v) is 3.94. The average Bonchev–Trinajstić information content (AvgIpc) is 3.12. The first-order chi connectivity index (χ1) is 10.7. The van der Waals surface area contributed by atoms with Crippen LogP contribution in [0, 0.1) is 29.1 Å². The van der Waals surface area contributed by atoms with E-state index in [-0.39, 0.29) is 18.5 Å². The molecule has 0 saturated heterocycles. The molecule has 130 valence electrons. The van der Waals surface area contributed by atoms with E-state index in [1.54, 1.807) is 0 Å². The highest BCUT2D eigenvalue weighted by Crippen LogP contribution is 2.57. The molecule has 0 heterocycles. The molecule has 0 aromatic rings. The van der Waals surface area contributed by atoms with Crippen LogP contribution in [0.3, 0.4) is 0 Å². The Labute approximate surface area is 139 Å². The van der Waals surface area contributed by atoms with Crippen molar-refractivity contribution >= 4 is 11.9 Å². The Kier molecular flexibility index (Phi) is 5.53. The number of carboxylic acid groups (broad SMARTS) is 1. The highest BCUT2D eigenvalue weighted by molar-refractivity contribution is 5.79. The van der Waals surface area contributed by atoms with Gasteiger partial charge < -0.3 is 9.84 Å². The first-order valence-electron chi connectivity index (χ1n) is 8.77. The third-order valence-electron chi connectivity index (χ3n) is 5.43. The van der Waals surface area contributed by atoms with Gasteiger partial charge in [0, 0.05) is 0 Å². The molecule has 0 bridgehead atoms. The van der Waals surface area contributed by atoms with E-state index in [0.717, 1.165) is 38.0 Å². The maximum atomic E-state index is 12.3. The number of hydrogen-bond donors (Lipinski definition) is 1. The molecule has 0 spiro atoms. The third-order valence-corrected chi connectivity index (χ3v) is 5.43. The Morgan fingerprint density at radius 3 is 2.61 bits per heavy atom. The lowest BCUT2D eigenvalue weighted by molar-refractivity contribution is -0.160. The van der Waals surface area contributed by atoms with Crippen molar-refractivity contribution < 1.29 is 19.4 Å². The minimum Gasteiger partial charge on any atom is -0.481 e. The fraction of sp³-hybridized carbons (Fsp3) is 0.789. The minimum absolute atomic E-state index is 0.00623. The lowest BCUT2D eigenvalue weighted by Gasteiger charge is -2.28. The smallest absolute Gasteiger partial charge is 0.307 e. The Morgan fingerprint density at radius 1 is 1.35 bits per heavy atom. The van der Waals surface area contributed by atoms with Crippen LogP contribution in [0.25, 0.3) is 0 Å². The fourth-order valence-electron chi connectivity index (χ4n) is 3.94. The number of unbranched alkanes of at least 4 members (excludes halogenated alkanes) is 1. The summed E-state index contributed by atoms with van der Waals surface area (Å²) in [7, 11) is 0. The second-order valence-electron chi connectivity index (χ2n) is 8.29. The molecule has 5 atom stereocenters. The van der Waals surface area contributed by atoms with Crippen molar-refractivity contribution in [1.29, 1.82) is 0 Å². The number of hydrogen-bond acceptors (Lipinski definition) is 3. The minimum atomic E-state index is -0.923. The van der Waals surface area contributed by atoms with Crippen LogP contribution < -0.4 is 0 Å². The van der Waals surface area contributed by atoms with Gasteiger partial charge in [0.25, 0.3) is 0 Å². The molecule has 2 aliphatic rings. The van der Waals surface area contributed by atoms with Gasteiger partial charge in [-0.3, -0.25) is 9.59 Å². The number of aliphatic carboxylic acids is 1. The molecule has 2 saturated carbocycles. The Hall–Kier alpha value is -1.32. The van der Waals surface area contributed by atoms with Crippen molar-refractivity contribution in [2.45, 2.75) is 65.4 Å². The number of ether oxygens (including phenoxy) is 1. The van der Waals surface area contributed by atoms with Crippen molar-refractivity contribution in [3.05, 3.63) is 12.7 Å². The zero-order valence-electron chi connectivity index (χ0n) is 14.6. The molecule has 23 heavy (non-hydrogen) atoms. The van der Waals surface area contributed by atoms with Gasteiger partial charge in [0.05, 0.1) is 12.3 Å². The summed E-state index contributed by atoms with van der Waals surface area (Å²) >= 11 is 0. The summed E-state index contributed by atoms with van der Waals surface area (Å²) in [4.78, 5) is 23.7. The highest BCUT2D eigenvalue weighted by atomic mass is 16.5. The molecule has 0 unspecified atom stereocenters. The lowest BCUT2D eigenvalue weighted by atomic mass is 9.79. The summed E-state index contributed by atoms with van der Waals surface area (Å²) in [5, 5.41) is 9.36. The van der Waals surface area contributed by atoms with Crippen LogP contribution >= 0.6 is 0 Å². The molecule has 0 aromatic heterocycles. The molecular weight excluding hydrogens is 292 g/mol. The Bertz CT molecular complexity index is 462. The zero-order valence-corrected chi connectivity index (χ0v) is 14.6. The number of fused-ring (bicyclic) bond motifs is 1. The maximum Gasteiger partial charge on any atom is 0.307 e. The molecule has 0 aromatic carbocycles. The molecule has 2 rings (SSSR count). The van der Waals surface area contributed by atoms with Gasteiger partial charge in [0.15, 0.2) is 0 Å². The molecule has 1 N–H and O–H groups in total. The number of rotatable bonds is 8. The average molecular weight is 322 g/mol. The molecule has 4 heteroatoms. The van der Waals surface area contributed by atoms with Gasteiger partial charge in [-0.15, -0.1) is 6.58 Å². The first kappa shape index (κ1) is 18.0. The SMILES string of the molecule is C=CCCC[C@@H]1C[C@H]2C[C@H]2[C@H]1OC(=O)C[C@H](C(=O)O)C(C)(C)C. The number of carbonyl (C=O) groups is 2. The number of allylic oxidation sites excluding steroid dienone is 1. The molecule has 4 nitrogen and oxygen atoms in total. The van der Waals surface area contributed by atoms with E-state index in [1.807, 2.05) is 26.8 Å². The van der Waals surface area contributed by atoms with E-state index in [2.05, 4.69) is 6.58 Å². The summed E-state index contributed by atoms with van der Waals surface area (Å²) in [6.45, 7) is 9.30. The van der Waals surface area contributed by atoms with Gasteiger partial charge in [-0.1, -0.05) is 26.8 Å². The number of esters is 1. The van der Waals surface area contributed by atoms with Gasteiger partial charge in [0.2, 0.25) is 0 Å². The molecule has 0 aliphatic heterocycles. The zero-order chi connectivity index (χ0) is 17.2. The molecular formula is C19H30O4. The van der Waals surface area contributed by atoms with Crippen LogP contribution in [0.15, 0.2) is 12.7 Å². The van der Waals surface area contributed by atoms with Gasteiger partial charge in [-0.2, -0.15) is 0 Å². The summed E-state index contributed by atoms with van der Waals surface area (Å²) in [6, 6.07) is 0. The Morgan fingerprint density at radius 2 is 2.04 bits per heavy atom. The topological polar surface area (TPSA) is 63.6 Å². The number of carboxylic acids is 1. The Balaban J connectivity index is 1.90. The van der Waals surface area contributed by atoms with Crippen LogP contribution in [-0.4, -0.2) is 23.1 Å².